The second kappa shape index (κ2) is 19.6. The number of nitrogens with zero attached hydrogens (tertiary/aromatic N) is 5. The molecule has 1 saturated heterocycles. The fraction of sp³-hybridized carbons (Fsp3) is 0.263. The van der Waals surface area contributed by atoms with E-state index in [1.54, 1.807) is 25.1 Å². The van der Waals surface area contributed by atoms with Crippen molar-refractivity contribution in [2.24, 2.45) is 0 Å². The number of hydrogen-bond donors (Lipinski definition) is 6. The molecular weight excluding hydrogens is 812 g/mol. The summed E-state index contributed by atoms with van der Waals surface area (Å²) in [7, 11) is -4.08. The molecule has 0 aliphatic carbocycles. The van der Waals surface area contributed by atoms with Crippen LogP contribution in [-0.4, -0.2) is 107 Å². The largest absolute Gasteiger partial charge is 0.507 e. The van der Waals surface area contributed by atoms with Gasteiger partial charge in [0.15, 0.2) is 5.13 Å². The second-order valence-corrected chi connectivity index (χ2v) is 15.9. The molecule has 6 N–H and O–H groups in total. The van der Waals surface area contributed by atoms with Crippen molar-refractivity contribution in [1.82, 2.24) is 19.9 Å². The highest BCUT2D eigenvalue weighted by molar-refractivity contribution is 7.86. The van der Waals surface area contributed by atoms with Crippen LogP contribution in [0.2, 0.25) is 5.02 Å². The number of anilines is 5. The summed E-state index contributed by atoms with van der Waals surface area (Å²) in [4.78, 5) is 53.5. The van der Waals surface area contributed by atoms with E-state index < -0.39 is 34.4 Å². The Balaban J connectivity index is 0.000000230. The Morgan fingerprint density at radius 1 is 0.948 bits per heavy atom. The van der Waals surface area contributed by atoms with Crippen LogP contribution in [0.25, 0.3) is 0 Å². The molecule has 306 valence electrons. The van der Waals surface area contributed by atoms with Crippen molar-refractivity contribution in [2.45, 2.75) is 25.7 Å². The summed E-state index contributed by atoms with van der Waals surface area (Å²) in [5.74, 6) is -0.774. The Labute approximate surface area is 343 Å². The maximum atomic E-state index is 12.7. The van der Waals surface area contributed by atoms with Gasteiger partial charge < -0.3 is 36.2 Å². The third kappa shape index (κ3) is 11.9. The quantitative estimate of drug-likeness (QED) is 0.0850. The first-order valence-corrected chi connectivity index (χ1v) is 20.3. The molecule has 1 aliphatic heterocycles. The lowest BCUT2D eigenvalue weighted by molar-refractivity contribution is -0.118. The number of piperazine rings is 1. The van der Waals surface area contributed by atoms with Crippen LogP contribution in [0.5, 0.6) is 5.75 Å². The number of aryl methyl sites for hydroxylation is 3. The predicted molar refractivity (Wildman–Crippen MR) is 220 cm³/mol. The molecule has 1 aliphatic rings. The van der Waals surface area contributed by atoms with Gasteiger partial charge in [0.2, 0.25) is 0 Å². The molecule has 58 heavy (non-hydrogen) atoms. The highest BCUT2D eigenvalue weighted by Crippen LogP contribution is 2.29. The number of carboxylic acids is 1. The Hall–Kier alpha value is -5.70. The number of para-hydroxylation sites is 1. The van der Waals surface area contributed by atoms with Crippen molar-refractivity contribution in [3.05, 3.63) is 105 Å². The third-order valence-electron chi connectivity index (χ3n) is 8.53. The van der Waals surface area contributed by atoms with Crippen LogP contribution < -0.4 is 20.9 Å². The van der Waals surface area contributed by atoms with Gasteiger partial charge in [0, 0.05) is 50.5 Å². The molecule has 17 nitrogen and oxygen atoms in total. The number of aromatic nitrogens is 3. The van der Waals surface area contributed by atoms with Gasteiger partial charge in [-0.25, -0.2) is 19.7 Å². The number of β-amino-alcohol motifs (C(OH)–C–C–N with tert-alkyl or cyclic N) is 1. The van der Waals surface area contributed by atoms with Crippen LogP contribution in [0.1, 0.15) is 37.0 Å². The highest BCUT2D eigenvalue weighted by atomic mass is 35.5. The Kier molecular flexibility index (Phi) is 14.7. The molecule has 0 unspecified atom stereocenters. The molecule has 0 saturated carbocycles. The topological polar surface area (TPSA) is 237 Å². The van der Waals surface area contributed by atoms with Gasteiger partial charge in [0.25, 0.3) is 21.9 Å². The number of aliphatic hydroxyl groups excluding tert-OH is 1. The highest BCUT2D eigenvalue weighted by Gasteiger charge is 2.21. The maximum Gasteiger partial charge on any atom is 0.339 e. The minimum Gasteiger partial charge on any atom is -0.507 e. The summed E-state index contributed by atoms with van der Waals surface area (Å²) in [6.45, 7) is 9.06. The van der Waals surface area contributed by atoms with Crippen LogP contribution in [-0.2, 0) is 19.1 Å². The Morgan fingerprint density at radius 2 is 1.67 bits per heavy atom. The fourth-order valence-corrected chi connectivity index (χ4v) is 7.38. The lowest BCUT2D eigenvalue weighted by Gasteiger charge is -2.35. The summed E-state index contributed by atoms with van der Waals surface area (Å²) < 4.78 is 28.6. The zero-order chi connectivity index (χ0) is 42.0. The van der Waals surface area contributed by atoms with Gasteiger partial charge in [-0.15, -0.1) is 0 Å². The zero-order valence-electron chi connectivity index (χ0n) is 31.6. The number of nitrogens with one attached hydrogen (secondary N) is 3. The van der Waals surface area contributed by atoms with Crippen LogP contribution in [0.15, 0.2) is 77.8 Å². The van der Waals surface area contributed by atoms with E-state index in [-0.39, 0.29) is 28.7 Å². The van der Waals surface area contributed by atoms with E-state index in [0.29, 0.717) is 38.9 Å². The lowest BCUT2D eigenvalue weighted by Crippen LogP contribution is -2.47. The summed E-state index contributed by atoms with van der Waals surface area (Å²) in [5.41, 5.74) is 2.14. The van der Waals surface area contributed by atoms with Crippen LogP contribution in [0.3, 0.4) is 0 Å². The average molecular weight is 853 g/mol. The molecular formula is C38H41ClN8O9S2. The number of carboxylic acid groups (broad SMARTS) is 1. The van der Waals surface area contributed by atoms with E-state index in [9.17, 15) is 27.9 Å². The van der Waals surface area contributed by atoms with E-state index in [4.69, 9.17) is 21.8 Å². The first-order chi connectivity index (χ1) is 27.6. The molecule has 2 aromatic heterocycles. The normalized spacial score (nSPS) is 12.9. The summed E-state index contributed by atoms with van der Waals surface area (Å²) in [6, 6.07) is 16.7. The van der Waals surface area contributed by atoms with Crippen molar-refractivity contribution in [3.8, 4) is 5.75 Å². The van der Waals surface area contributed by atoms with Crippen molar-refractivity contribution in [2.75, 3.05) is 66.8 Å². The number of hydrogen-bond acceptors (Lipinski definition) is 15. The Morgan fingerprint density at radius 3 is 2.33 bits per heavy atom. The van der Waals surface area contributed by atoms with Crippen LogP contribution in [0, 0.1) is 20.8 Å². The number of carbonyl (C=O) groups is 3. The van der Waals surface area contributed by atoms with E-state index in [2.05, 4.69) is 44.9 Å². The van der Waals surface area contributed by atoms with Crippen molar-refractivity contribution in [3.63, 3.8) is 0 Å². The molecule has 3 aromatic carbocycles. The van der Waals surface area contributed by atoms with Crippen molar-refractivity contribution < 1.29 is 42.3 Å². The van der Waals surface area contributed by atoms with Gasteiger partial charge in [-0.3, -0.25) is 18.7 Å². The minimum atomic E-state index is -4.08. The first-order valence-electron chi connectivity index (χ1n) is 17.7. The fourth-order valence-electron chi connectivity index (χ4n) is 5.52. The molecule has 1 fully saturated rings. The standard InChI is InChI=1S/C22H26ClN7O2S.C16H15NO7S/c1-14-4-3-5-16(23)20(14)28-21(32)17-13-24-22(33-17)27-18-12-19(26-15(2)25-18)30-8-6-29(7-9-30)10-11-31;1-10-2-5-12(6-3-10)25(22,23)24-9-15(19)17-11-4-7-13(16(20)21)14(18)8-11/h3-5,12-13,31H,6-11H2,1-2H3,(H,28,32)(H,24,25,26,27);2-8,18H,9H2,1H3,(H,17,19)(H,20,21). The second-order valence-electron chi connectivity index (χ2n) is 12.9. The molecule has 0 radical (unpaired) electrons. The number of benzene rings is 3. The van der Waals surface area contributed by atoms with Gasteiger partial charge >= 0.3 is 5.97 Å². The lowest BCUT2D eigenvalue weighted by atomic mass is 10.2. The number of thiazole rings is 1. The number of amides is 2. The van der Waals surface area contributed by atoms with Crippen LogP contribution in [0.4, 0.5) is 28.1 Å². The van der Waals surface area contributed by atoms with E-state index >= 15 is 0 Å². The van der Waals surface area contributed by atoms with Gasteiger partial charge in [-0.1, -0.05) is 52.8 Å². The summed E-state index contributed by atoms with van der Waals surface area (Å²) >= 11 is 7.46. The number of rotatable bonds is 13. The molecule has 0 spiro atoms. The number of aliphatic hydroxyl groups is 1. The molecule has 2 amide bonds. The zero-order valence-corrected chi connectivity index (χ0v) is 34.0. The average Bonchev–Trinajstić information content (AvgIpc) is 3.65. The number of aromatic hydroxyl groups is 1. The van der Waals surface area contributed by atoms with Gasteiger partial charge in [-0.05, 0) is 56.7 Å². The van der Waals surface area contributed by atoms with E-state index in [1.807, 2.05) is 32.0 Å². The monoisotopic (exact) mass is 852 g/mol. The SMILES string of the molecule is Cc1ccc(S(=O)(=O)OCC(=O)Nc2ccc(C(=O)O)c(O)c2)cc1.Cc1nc(Nc2ncc(C(=O)Nc3c(C)cccc3Cl)s2)cc(N2CCN(CCO)CC2)n1. The minimum absolute atomic E-state index is 0.0747. The molecule has 6 rings (SSSR count). The van der Waals surface area contributed by atoms with Gasteiger partial charge in [0.05, 0.1) is 28.4 Å². The van der Waals surface area contributed by atoms with Gasteiger partial charge in [-0.2, -0.15) is 8.42 Å². The summed E-state index contributed by atoms with van der Waals surface area (Å²) in [6.07, 6.45) is 1.53. The predicted octanol–water partition coefficient (Wildman–Crippen LogP) is 5.06. The summed E-state index contributed by atoms with van der Waals surface area (Å²) in [5, 5.41) is 36.9. The molecule has 3 heterocycles. The first kappa shape index (κ1) is 43.4. The van der Waals surface area contributed by atoms with E-state index in [0.717, 1.165) is 55.3 Å². The smallest absolute Gasteiger partial charge is 0.339 e. The molecule has 0 atom stereocenters. The van der Waals surface area contributed by atoms with Gasteiger partial charge in [0.1, 0.15) is 40.3 Å². The Bertz CT molecular complexity index is 2350. The molecule has 0 bridgehead atoms. The van der Waals surface area contributed by atoms with E-state index in [1.165, 1.54) is 35.7 Å². The number of carbonyl (C=O) groups excluding carboxylic acids is 2. The molecule has 5 aromatic rings. The maximum absolute atomic E-state index is 12.7. The number of aromatic carboxylic acids is 1. The number of halogens is 1. The number of phenols is 1. The van der Waals surface area contributed by atoms with Crippen molar-refractivity contribution >= 4 is 79.0 Å². The van der Waals surface area contributed by atoms with Crippen molar-refractivity contribution in [1.29, 1.82) is 0 Å². The third-order valence-corrected chi connectivity index (χ3v) is 11.0. The molecule has 20 heteroatoms. The van der Waals surface area contributed by atoms with Crippen LogP contribution >= 0.6 is 22.9 Å².